The van der Waals surface area contributed by atoms with Crippen LogP contribution in [0.25, 0.3) is 16.7 Å². The second-order valence-corrected chi connectivity index (χ2v) is 16.6. The number of phenolic OH excluding ortho intramolecular Hbond substituents is 2. The molecule has 0 saturated heterocycles. The number of likely N-dealkylation sites (N-methyl/N-ethyl adjacent to an activating group) is 1. The van der Waals surface area contributed by atoms with Crippen molar-refractivity contribution in [3.63, 3.8) is 0 Å². The summed E-state index contributed by atoms with van der Waals surface area (Å²) in [6.45, 7) is 7.22. The average molecular weight is 943 g/mol. The number of nitrogens with one attached hydrogen (secondary N) is 4. The van der Waals surface area contributed by atoms with E-state index in [-0.39, 0.29) is 53.1 Å². The first kappa shape index (κ1) is 52.6. The van der Waals surface area contributed by atoms with Gasteiger partial charge in [0.15, 0.2) is 0 Å². The molecule has 7 amide bonds. The summed E-state index contributed by atoms with van der Waals surface area (Å²) in [5.74, 6) is -5.93. The number of aromatic hydroxyl groups is 2. The number of benzene rings is 3. The molecule has 4 bridgehead atoms. The molecule has 1 aliphatic heterocycles. The first-order valence-corrected chi connectivity index (χ1v) is 22.0. The molecule has 4 rings (SSSR count). The molecule has 5 atom stereocenters. The molecule has 18 nitrogen and oxygen atoms in total. The minimum absolute atomic E-state index is 0.0578. The van der Waals surface area contributed by atoms with Gasteiger partial charge in [0.1, 0.15) is 41.7 Å². The number of hydrogen-bond donors (Lipinski definition) is 9. The molecule has 0 saturated carbocycles. The van der Waals surface area contributed by atoms with Gasteiger partial charge in [-0.05, 0) is 105 Å². The number of aliphatic hydroxyl groups is 1. The third kappa shape index (κ3) is 14.2. The van der Waals surface area contributed by atoms with Crippen LogP contribution >= 0.6 is 11.6 Å². The van der Waals surface area contributed by atoms with Crippen LogP contribution in [0.4, 0.5) is 0 Å². The number of halogens is 1. The largest absolute Gasteiger partial charge is 0.507 e. The molecule has 0 aromatic heterocycles. The lowest BCUT2D eigenvalue weighted by Crippen LogP contribution is -2.58. The minimum atomic E-state index is -1.49. The van der Waals surface area contributed by atoms with E-state index in [0.717, 1.165) is 15.4 Å². The predicted octanol–water partition coefficient (Wildman–Crippen LogP) is 2.10. The zero-order chi connectivity index (χ0) is 49.5. The number of fused-ring (bicyclic) bond motifs is 5. The number of primary amides is 1. The van der Waals surface area contributed by atoms with Crippen molar-refractivity contribution in [2.45, 2.75) is 76.7 Å². The highest BCUT2D eigenvalue weighted by atomic mass is 35.5. The zero-order valence-corrected chi connectivity index (χ0v) is 38.6. The van der Waals surface area contributed by atoms with Gasteiger partial charge in [-0.25, -0.2) is 0 Å². The summed E-state index contributed by atoms with van der Waals surface area (Å²) in [6.07, 6.45) is 5.81. The molecule has 1 heterocycles. The zero-order valence-electron chi connectivity index (χ0n) is 37.9. The maximum absolute atomic E-state index is 14.6. The Morgan fingerprint density at radius 3 is 2.21 bits per heavy atom. The summed E-state index contributed by atoms with van der Waals surface area (Å²) < 4.78 is 0. The number of nitrogens with two attached hydrogens (primary N) is 2. The number of phenols is 2. The molecule has 11 N–H and O–H groups in total. The van der Waals surface area contributed by atoms with Gasteiger partial charge in [-0.15, -0.1) is 0 Å². The molecule has 3 aromatic carbocycles. The summed E-state index contributed by atoms with van der Waals surface area (Å²) >= 11 is 6.05. The van der Waals surface area contributed by atoms with Gasteiger partial charge in [0.2, 0.25) is 41.4 Å². The molecule has 0 fully saturated rings. The number of carbonyl (C=O) groups is 7. The second-order valence-electron chi connectivity index (χ2n) is 16.1. The number of allylic oxidation sites excluding steroid dienone is 4. The van der Waals surface area contributed by atoms with Crippen LogP contribution in [0.15, 0.2) is 91.0 Å². The van der Waals surface area contributed by atoms with E-state index in [4.69, 9.17) is 23.1 Å². The fraction of sp³-hybridized carbons (Fsp3) is 0.354. The van der Waals surface area contributed by atoms with Gasteiger partial charge in [-0.2, -0.15) is 0 Å². The van der Waals surface area contributed by atoms with Gasteiger partial charge in [0.25, 0.3) is 0 Å². The lowest BCUT2D eigenvalue weighted by molar-refractivity contribution is -0.142. The van der Waals surface area contributed by atoms with Crippen molar-refractivity contribution < 1.29 is 48.9 Å². The number of rotatable bonds is 18. The van der Waals surface area contributed by atoms with E-state index in [1.807, 2.05) is 12.1 Å². The molecule has 3 aromatic rings. The van der Waals surface area contributed by atoms with Crippen LogP contribution in [0.3, 0.4) is 0 Å². The van der Waals surface area contributed by atoms with Crippen molar-refractivity contribution >= 4 is 58.5 Å². The first-order valence-electron chi connectivity index (χ1n) is 21.6. The molecule has 0 unspecified atom stereocenters. The maximum atomic E-state index is 14.6. The van der Waals surface area contributed by atoms with Crippen LogP contribution in [0.1, 0.15) is 62.8 Å². The predicted molar refractivity (Wildman–Crippen MR) is 253 cm³/mol. The van der Waals surface area contributed by atoms with Crippen molar-refractivity contribution in [2.75, 3.05) is 33.3 Å². The Hall–Kier alpha value is -7.02. The first-order chi connectivity index (χ1) is 31.8. The molecule has 1 aliphatic rings. The third-order valence-electron chi connectivity index (χ3n) is 11.1. The summed E-state index contributed by atoms with van der Waals surface area (Å²) in [7, 11) is 1.36. The van der Waals surface area contributed by atoms with Gasteiger partial charge < -0.3 is 57.9 Å². The fourth-order valence-corrected chi connectivity index (χ4v) is 7.48. The van der Waals surface area contributed by atoms with Crippen molar-refractivity contribution in [1.29, 1.82) is 0 Å². The van der Waals surface area contributed by atoms with E-state index < -0.39 is 84.7 Å². The average Bonchev–Trinajstić information content (AvgIpc) is 3.29. The summed E-state index contributed by atoms with van der Waals surface area (Å²) in [5, 5.41) is 42.9. The Labute approximate surface area is 394 Å². The number of aliphatic hydroxyl groups excluding tert-OH is 1. The van der Waals surface area contributed by atoms with Crippen LogP contribution in [-0.2, 0) is 40.0 Å². The molecular weight excluding hydrogens is 884 g/mol. The minimum Gasteiger partial charge on any atom is -0.507 e. The third-order valence-corrected chi connectivity index (χ3v) is 11.3. The number of carbonyl (C=O) groups excluding carboxylic acids is 7. The molecule has 0 aliphatic carbocycles. The number of unbranched alkanes of at least 4 members (excludes halogenated alkanes) is 1. The fourth-order valence-electron chi connectivity index (χ4n) is 7.35. The Balaban J connectivity index is 1.72. The Bertz CT molecular complexity index is 2410. The van der Waals surface area contributed by atoms with E-state index in [2.05, 4.69) is 27.8 Å². The van der Waals surface area contributed by atoms with Gasteiger partial charge in [0, 0.05) is 41.7 Å². The second kappa shape index (κ2) is 24.5. The van der Waals surface area contributed by atoms with Gasteiger partial charge in [-0.1, -0.05) is 60.7 Å². The van der Waals surface area contributed by atoms with Crippen molar-refractivity contribution in [3.8, 4) is 22.6 Å². The smallest absolute Gasteiger partial charge is 0.248 e. The molecule has 358 valence electrons. The van der Waals surface area contributed by atoms with E-state index >= 15 is 0 Å². The van der Waals surface area contributed by atoms with Crippen molar-refractivity contribution in [1.82, 2.24) is 31.1 Å². The lowest BCUT2D eigenvalue weighted by atomic mass is 9.93. The van der Waals surface area contributed by atoms with Crippen LogP contribution in [-0.4, -0.2) is 124 Å². The van der Waals surface area contributed by atoms with Gasteiger partial charge >= 0.3 is 0 Å². The quantitative estimate of drug-likeness (QED) is 0.0506. The molecule has 67 heavy (non-hydrogen) atoms. The highest BCUT2D eigenvalue weighted by Gasteiger charge is 2.36. The summed E-state index contributed by atoms with van der Waals surface area (Å²) in [5.41, 5.74) is 13.5. The molecule has 0 spiro atoms. The normalized spacial score (nSPS) is 17.4. The number of nitrogens with zero attached hydrogens (tertiary/aromatic N) is 2. The standard InChI is InChI=1S/C48H59ClN8O10/c1-6-31(32-13-16-34(49)17-14-32)12-10-27(2)43(62)54-37(9-7-8-20-50)48(67)56(5)42-33-15-19-40(60)36(25-33)35-23-30(11-18-39(35)59)24-38(55-44(63)28(3)52-46(42)65)45(64)53-29(4)47(66)57(21-22-58)26-41(51)61/h6,10-19,23,25,28-29,37-38,42,58-60H,1,7-9,20-22,24,26,50H2,2-5H3,(H2,51,61)(H,52,65)(H,53,64)(H,54,62)(H,55,63)/b27-10+,31-12+/t28-,29-,37-,38-,42-/m0/s1. The van der Waals surface area contributed by atoms with Crippen LogP contribution in [0, 0.1) is 0 Å². The summed E-state index contributed by atoms with van der Waals surface area (Å²) in [6, 6.07) is 8.85. The topological polar surface area (TPSA) is 287 Å². The van der Waals surface area contributed by atoms with Gasteiger partial charge in [0.05, 0.1) is 13.2 Å². The molecule has 19 heteroatoms. The highest BCUT2D eigenvalue weighted by molar-refractivity contribution is 6.30. The Morgan fingerprint density at radius 1 is 0.925 bits per heavy atom. The maximum Gasteiger partial charge on any atom is 0.248 e. The Morgan fingerprint density at radius 2 is 1.58 bits per heavy atom. The summed E-state index contributed by atoms with van der Waals surface area (Å²) in [4.78, 5) is 97.4. The number of hydrogen-bond acceptors (Lipinski definition) is 11. The van der Waals surface area contributed by atoms with Crippen LogP contribution < -0.4 is 32.7 Å². The molecule has 0 radical (unpaired) electrons. The molecular formula is C48H59ClN8O10. The van der Waals surface area contributed by atoms with E-state index in [1.54, 1.807) is 37.3 Å². The monoisotopic (exact) mass is 942 g/mol. The van der Waals surface area contributed by atoms with E-state index in [0.29, 0.717) is 35.5 Å². The Kier molecular flexibility index (Phi) is 19.2. The van der Waals surface area contributed by atoms with E-state index in [9.17, 15) is 48.9 Å². The van der Waals surface area contributed by atoms with Gasteiger partial charge in [-0.3, -0.25) is 33.6 Å². The lowest BCUT2D eigenvalue weighted by Gasteiger charge is -2.32. The van der Waals surface area contributed by atoms with E-state index in [1.165, 1.54) is 57.3 Å². The van der Waals surface area contributed by atoms with Crippen LogP contribution in [0.2, 0.25) is 5.02 Å². The number of amides is 7. The van der Waals surface area contributed by atoms with Crippen molar-refractivity contribution in [3.05, 3.63) is 113 Å². The highest BCUT2D eigenvalue weighted by Crippen LogP contribution is 2.39. The van der Waals surface area contributed by atoms with Crippen molar-refractivity contribution in [2.24, 2.45) is 11.5 Å². The van der Waals surface area contributed by atoms with Crippen LogP contribution in [0.5, 0.6) is 11.5 Å². The SMILES string of the molecule is C=C/C(=C\C=C(/C)C(=O)N[C@@H](CCCCN)C(=O)N(C)[C@@H]1C(=O)N[C@@H](C)C(=O)N[C@H](C(=O)N[C@@H](C)C(=O)N(CCO)CC(N)=O)Cc2ccc(O)c(c2)-c2cc1ccc2O)c1ccc(Cl)cc1.